The average Bonchev–Trinajstić information content (AvgIpc) is 2.61. The molecule has 0 radical (unpaired) electrons. The predicted molar refractivity (Wildman–Crippen MR) is 95.7 cm³/mol. The zero-order valence-corrected chi connectivity index (χ0v) is 15.5. The monoisotopic (exact) mass is 338 g/mol. The summed E-state index contributed by atoms with van der Waals surface area (Å²) in [5.41, 5.74) is 1.58. The molecule has 0 aliphatic heterocycles. The van der Waals surface area contributed by atoms with E-state index in [1.807, 2.05) is 0 Å². The maximum absolute atomic E-state index is 14.6. The zero-order chi connectivity index (χ0) is 17.5. The minimum atomic E-state index is -0.830. The lowest BCUT2D eigenvalue weighted by Gasteiger charge is -2.30. The zero-order valence-electron chi connectivity index (χ0n) is 15.5. The molecule has 1 nitrogen and oxygen atoms in total. The van der Waals surface area contributed by atoms with Gasteiger partial charge in [-0.05, 0) is 67.6 Å². The Labute approximate surface area is 145 Å². The lowest BCUT2D eigenvalue weighted by atomic mass is 9.75. The molecule has 1 fully saturated rings. The Morgan fingerprint density at radius 2 is 1.67 bits per heavy atom. The first-order chi connectivity index (χ1) is 11.6. The van der Waals surface area contributed by atoms with Crippen LogP contribution in [0, 0.1) is 17.6 Å². The normalized spacial score (nSPS) is 21.0. The molecular formula is C21H32F2O. The summed E-state index contributed by atoms with van der Waals surface area (Å²) in [6.07, 6.45) is 10.9. The van der Waals surface area contributed by atoms with Crippen LogP contribution in [0.25, 0.3) is 0 Å². The van der Waals surface area contributed by atoms with Crippen molar-refractivity contribution in [3.8, 4) is 5.75 Å². The summed E-state index contributed by atoms with van der Waals surface area (Å²) >= 11 is 0. The van der Waals surface area contributed by atoms with Gasteiger partial charge in [0.1, 0.15) is 0 Å². The van der Waals surface area contributed by atoms with E-state index in [0.29, 0.717) is 17.9 Å². The van der Waals surface area contributed by atoms with Gasteiger partial charge >= 0.3 is 0 Å². The molecule has 0 N–H and O–H groups in total. The van der Waals surface area contributed by atoms with E-state index in [-0.39, 0.29) is 5.75 Å². The fourth-order valence-electron chi connectivity index (χ4n) is 4.03. The van der Waals surface area contributed by atoms with E-state index in [4.69, 9.17) is 4.74 Å². The van der Waals surface area contributed by atoms with Crippen molar-refractivity contribution in [1.29, 1.82) is 0 Å². The molecule has 24 heavy (non-hydrogen) atoms. The van der Waals surface area contributed by atoms with Gasteiger partial charge in [0, 0.05) is 0 Å². The van der Waals surface area contributed by atoms with Crippen molar-refractivity contribution in [2.45, 2.75) is 84.0 Å². The van der Waals surface area contributed by atoms with Gasteiger partial charge < -0.3 is 4.74 Å². The summed E-state index contributed by atoms with van der Waals surface area (Å²) < 4.78 is 33.8. The molecule has 1 aromatic rings. The summed E-state index contributed by atoms with van der Waals surface area (Å²) in [5, 5.41) is 0. The van der Waals surface area contributed by atoms with Gasteiger partial charge in [-0.3, -0.25) is 0 Å². The Bertz CT molecular complexity index is 519. The Morgan fingerprint density at radius 1 is 1.00 bits per heavy atom. The summed E-state index contributed by atoms with van der Waals surface area (Å²) in [4.78, 5) is 0. The third-order valence-corrected chi connectivity index (χ3v) is 5.56. The molecule has 0 aromatic heterocycles. The van der Waals surface area contributed by atoms with Crippen molar-refractivity contribution in [1.82, 2.24) is 0 Å². The van der Waals surface area contributed by atoms with Gasteiger partial charge in [0.2, 0.25) is 5.82 Å². The van der Waals surface area contributed by atoms with Gasteiger partial charge in [-0.1, -0.05) is 39.5 Å². The van der Waals surface area contributed by atoms with Crippen LogP contribution in [0.4, 0.5) is 8.78 Å². The number of ether oxygens (including phenoxy) is 1. The molecule has 136 valence electrons. The number of halogens is 2. The van der Waals surface area contributed by atoms with Gasteiger partial charge in [-0.25, -0.2) is 4.39 Å². The largest absolute Gasteiger partial charge is 0.494 e. The molecule has 1 aliphatic rings. The Balaban J connectivity index is 2.20. The summed E-state index contributed by atoms with van der Waals surface area (Å²) in [5.74, 6) is -0.308. The highest BCUT2D eigenvalue weighted by Crippen LogP contribution is 2.41. The maximum Gasteiger partial charge on any atom is 0.200 e. The molecule has 3 heteroatoms. The van der Waals surface area contributed by atoms with Crippen LogP contribution >= 0.6 is 0 Å². The molecular weight excluding hydrogens is 306 g/mol. The third kappa shape index (κ3) is 4.49. The minimum absolute atomic E-state index is 0.0517. The number of hydrogen-bond acceptors (Lipinski definition) is 1. The first-order valence-electron chi connectivity index (χ1n) is 9.67. The quantitative estimate of drug-likeness (QED) is 0.507. The molecule has 1 saturated carbocycles. The second-order valence-corrected chi connectivity index (χ2v) is 7.24. The average molecular weight is 338 g/mol. The van der Waals surface area contributed by atoms with Crippen LogP contribution in [-0.2, 0) is 6.42 Å². The van der Waals surface area contributed by atoms with Crippen molar-refractivity contribution < 1.29 is 13.5 Å². The fourth-order valence-corrected chi connectivity index (χ4v) is 4.03. The lowest BCUT2D eigenvalue weighted by Crippen LogP contribution is -2.16. The molecule has 1 aliphatic carbocycles. The van der Waals surface area contributed by atoms with Crippen LogP contribution < -0.4 is 4.74 Å². The smallest absolute Gasteiger partial charge is 0.200 e. The highest BCUT2D eigenvalue weighted by Gasteiger charge is 2.27. The molecule has 0 atom stereocenters. The Hall–Kier alpha value is -1.12. The molecule has 1 aromatic carbocycles. The summed E-state index contributed by atoms with van der Waals surface area (Å²) in [6.45, 7) is 4.32. The van der Waals surface area contributed by atoms with E-state index < -0.39 is 11.6 Å². The third-order valence-electron chi connectivity index (χ3n) is 5.56. The standard InChI is InChI=1S/C21H32F2O/c1-4-6-8-15-10-12-16(13-11-15)18-14-19(24-3)21(23)20(22)17(18)9-7-5-2/h14-16H,4-13H2,1-3H3. The van der Waals surface area contributed by atoms with Crippen LogP contribution in [-0.4, -0.2) is 7.11 Å². The van der Waals surface area contributed by atoms with Gasteiger partial charge in [-0.2, -0.15) is 4.39 Å². The SMILES string of the molecule is CCCCc1c(C2CCC(CCCC)CC2)cc(OC)c(F)c1F. The van der Waals surface area contributed by atoms with Crippen LogP contribution in [0.3, 0.4) is 0 Å². The number of rotatable bonds is 8. The van der Waals surface area contributed by atoms with Crippen LogP contribution in [0.2, 0.25) is 0 Å². The van der Waals surface area contributed by atoms with E-state index >= 15 is 0 Å². The van der Waals surface area contributed by atoms with Gasteiger partial charge in [0.05, 0.1) is 7.11 Å². The summed E-state index contributed by atoms with van der Waals surface area (Å²) in [6, 6.07) is 1.76. The van der Waals surface area contributed by atoms with Crippen molar-refractivity contribution in [2.75, 3.05) is 7.11 Å². The number of benzene rings is 1. The van der Waals surface area contributed by atoms with E-state index in [2.05, 4.69) is 13.8 Å². The van der Waals surface area contributed by atoms with E-state index in [9.17, 15) is 8.78 Å². The van der Waals surface area contributed by atoms with Crippen molar-refractivity contribution in [3.63, 3.8) is 0 Å². The van der Waals surface area contributed by atoms with Crippen molar-refractivity contribution in [2.24, 2.45) is 5.92 Å². The minimum Gasteiger partial charge on any atom is -0.494 e. The van der Waals surface area contributed by atoms with E-state index in [0.717, 1.165) is 37.2 Å². The number of hydrogen-bond donors (Lipinski definition) is 0. The second-order valence-electron chi connectivity index (χ2n) is 7.24. The fraction of sp³-hybridized carbons (Fsp3) is 0.714. The predicted octanol–water partition coefficient (Wildman–Crippen LogP) is 6.78. The Kier molecular flexibility index (Phi) is 7.51. The highest BCUT2D eigenvalue weighted by molar-refractivity contribution is 5.41. The van der Waals surface area contributed by atoms with Gasteiger partial charge in [0.15, 0.2) is 11.6 Å². The van der Waals surface area contributed by atoms with Crippen molar-refractivity contribution in [3.05, 3.63) is 28.8 Å². The number of unbranched alkanes of at least 4 members (excludes halogenated alkanes) is 2. The first-order valence-corrected chi connectivity index (χ1v) is 9.67. The summed E-state index contributed by atoms with van der Waals surface area (Å²) in [7, 11) is 1.41. The maximum atomic E-state index is 14.6. The second kappa shape index (κ2) is 9.39. The first kappa shape index (κ1) is 19.2. The van der Waals surface area contributed by atoms with Gasteiger partial charge in [0.25, 0.3) is 0 Å². The van der Waals surface area contributed by atoms with Crippen LogP contribution in [0.1, 0.15) is 88.7 Å². The molecule has 0 unspecified atom stereocenters. The molecule has 0 amide bonds. The molecule has 0 spiro atoms. The topological polar surface area (TPSA) is 9.23 Å². The highest BCUT2D eigenvalue weighted by atomic mass is 19.2. The van der Waals surface area contributed by atoms with E-state index in [1.54, 1.807) is 6.07 Å². The molecule has 2 rings (SSSR count). The van der Waals surface area contributed by atoms with Crippen LogP contribution in [0.5, 0.6) is 5.75 Å². The van der Waals surface area contributed by atoms with Crippen LogP contribution in [0.15, 0.2) is 6.07 Å². The molecule has 0 bridgehead atoms. The van der Waals surface area contributed by atoms with Crippen molar-refractivity contribution >= 4 is 0 Å². The molecule has 0 heterocycles. The Morgan fingerprint density at radius 3 is 2.25 bits per heavy atom. The van der Waals surface area contributed by atoms with E-state index in [1.165, 1.54) is 39.2 Å². The van der Waals surface area contributed by atoms with Gasteiger partial charge in [-0.15, -0.1) is 0 Å². The number of methoxy groups -OCH3 is 1. The lowest BCUT2D eigenvalue weighted by molar-refractivity contribution is 0.301. The molecule has 0 saturated heterocycles.